The minimum absolute atomic E-state index is 0.318. The zero-order valence-corrected chi connectivity index (χ0v) is 7.30. The van der Waals surface area contributed by atoms with Gasteiger partial charge in [0.15, 0.2) is 5.69 Å². The molecule has 0 saturated heterocycles. The highest BCUT2D eigenvalue weighted by Crippen LogP contribution is 2.20. The third kappa shape index (κ3) is 2.63. The molecule has 0 spiro atoms. The lowest BCUT2D eigenvalue weighted by Gasteiger charge is -2.04. The fourth-order valence-corrected chi connectivity index (χ4v) is 1.04. The zero-order chi connectivity index (χ0) is 10.9. The fraction of sp³-hybridized carbons (Fsp3) is 0.333. The van der Waals surface area contributed by atoms with E-state index in [4.69, 9.17) is 16.7 Å². The molecule has 0 bridgehead atoms. The molecule has 8 heteroatoms. The molecule has 0 unspecified atom stereocenters. The lowest BCUT2D eigenvalue weighted by atomic mass is 10.4. The maximum atomic E-state index is 11.8. The summed E-state index contributed by atoms with van der Waals surface area (Å²) in [4.78, 5) is 10.4. The molecule has 0 aliphatic rings. The lowest BCUT2D eigenvalue weighted by molar-refractivity contribution is -0.142. The van der Waals surface area contributed by atoms with E-state index in [0.717, 1.165) is 6.20 Å². The first-order valence-corrected chi connectivity index (χ1v) is 3.70. The van der Waals surface area contributed by atoms with Crippen LogP contribution in [0.25, 0.3) is 0 Å². The molecule has 4 nitrogen and oxygen atoms in total. The largest absolute Gasteiger partial charge is 0.476 e. The molecular formula is C6H4ClF3N2O2. The van der Waals surface area contributed by atoms with Crippen molar-refractivity contribution in [1.29, 1.82) is 0 Å². The Morgan fingerprint density at radius 2 is 2.21 bits per heavy atom. The van der Waals surface area contributed by atoms with Crippen LogP contribution in [0.15, 0.2) is 6.20 Å². The number of aromatic carboxylic acids is 1. The summed E-state index contributed by atoms with van der Waals surface area (Å²) in [5, 5.41) is 11.3. The molecule has 1 rings (SSSR count). The van der Waals surface area contributed by atoms with Crippen molar-refractivity contribution in [3.05, 3.63) is 16.9 Å². The van der Waals surface area contributed by atoms with Crippen molar-refractivity contribution >= 4 is 17.6 Å². The minimum atomic E-state index is -4.45. The van der Waals surface area contributed by atoms with Crippen LogP contribution in [-0.4, -0.2) is 27.0 Å². The average molecular weight is 229 g/mol. The number of carboxylic acid groups (broad SMARTS) is 1. The van der Waals surface area contributed by atoms with Gasteiger partial charge in [-0.25, -0.2) is 4.79 Å². The van der Waals surface area contributed by atoms with E-state index in [1.807, 2.05) is 0 Å². The smallest absolute Gasteiger partial charge is 0.408 e. The predicted molar refractivity (Wildman–Crippen MR) is 40.3 cm³/mol. The summed E-state index contributed by atoms with van der Waals surface area (Å²) >= 11 is 5.34. The molecule has 0 amide bonds. The topological polar surface area (TPSA) is 55.1 Å². The van der Waals surface area contributed by atoms with Gasteiger partial charge in [0.25, 0.3) is 0 Å². The van der Waals surface area contributed by atoms with Crippen LogP contribution in [0.3, 0.4) is 0 Å². The van der Waals surface area contributed by atoms with Crippen molar-refractivity contribution in [2.45, 2.75) is 12.7 Å². The van der Waals surface area contributed by atoms with E-state index in [-0.39, 0.29) is 5.02 Å². The highest BCUT2D eigenvalue weighted by Gasteiger charge is 2.29. The molecule has 0 atom stereocenters. The van der Waals surface area contributed by atoms with Gasteiger partial charge in [-0.1, -0.05) is 11.6 Å². The lowest BCUT2D eigenvalue weighted by Crippen LogP contribution is -2.18. The second-order valence-electron chi connectivity index (χ2n) is 2.44. The van der Waals surface area contributed by atoms with E-state index in [9.17, 15) is 18.0 Å². The van der Waals surface area contributed by atoms with Crippen LogP contribution in [0, 0.1) is 0 Å². The summed E-state index contributed by atoms with van der Waals surface area (Å²) in [5.41, 5.74) is -0.587. The maximum absolute atomic E-state index is 11.8. The maximum Gasteiger partial charge on any atom is 0.408 e. The molecule has 1 heterocycles. The number of aromatic nitrogens is 2. The first-order chi connectivity index (χ1) is 6.29. The Bertz CT molecular complexity index is 360. The third-order valence-electron chi connectivity index (χ3n) is 1.26. The molecule has 78 valence electrons. The van der Waals surface area contributed by atoms with Gasteiger partial charge in [0.2, 0.25) is 0 Å². The predicted octanol–water partition coefficient (Wildman–Crippen LogP) is 1.80. The van der Waals surface area contributed by atoms with E-state index < -0.39 is 24.4 Å². The molecule has 0 aliphatic heterocycles. The minimum Gasteiger partial charge on any atom is -0.476 e. The van der Waals surface area contributed by atoms with E-state index in [0.29, 0.717) is 4.68 Å². The first-order valence-electron chi connectivity index (χ1n) is 3.32. The summed E-state index contributed by atoms with van der Waals surface area (Å²) in [7, 11) is 0. The van der Waals surface area contributed by atoms with Crippen molar-refractivity contribution in [3.63, 3.8) is 0 Å². The summed E-state index contributed by atoms with van der Waals surface area (Å²) in [5.74, 6) is -1.46. The van der Waals surface area contributed by atoms with Gasteiger partial charge < -0.3 is 5.11 Å². The van der Waals surface area contributed by atoms with E-state index in [1.165, 1.54) is 0 Å². The molecule has 0 aromatic carbocycles. The van der Waals surface area contributed by atoms with Crippen LogP contribution in [0.4, 0.5) is 13.2 Å². The van der Waals surface area contributed by atoms with Gasteiger partial charge in [-0.2, -0.15) is 18.3 Å². The van der Waals surface area contributed by atoms with Crippen molar-refractivity contribution < 1.29 is 23.1 Å². The molecule has 0 saturated carbocycles. The van der Waals surface area contributed by atoms with Crippen LogP contribution >= 0.6 is 11.6 Å². The molecule has 14 heavy (non-hydrogen) atoms. The fourth-order valence-electron chi connectivity index (χ4n) is 0.807. The van der Waals surface area contributed by atoms with Gasteiger partial charge in [0.1, 0.15) is 6.54 Å². The van der Waals surface area contributed by atoms with Crippen LogP contribution in [-0.2, 0) is 6.54 Å². The number of carboxylic acids is 1. The Morgan fingerprint density at radius 3 is 2.57 bits per heavy atom. The van der Waals surface area contributed by atoms with Crippen molar-refractivity contribution in [2.75, 3.05) is 0 Å². The van der Waals surface area contributed by atoms with Gasteiger partial charge in [-0.3, -0.25) is 4.68 Å². The van der Waals surface area contributed by atoms with Crippen molar-refractivity contribution in [3.8, 4) is 0 Å². The second kappa shape index (κ2) is 3.49. The molecule has 1 aromatic heterocycles. The Balaban J connectivity index is 2.92. The van der Waals surface area contributed by atoms with Crippen LogP contribution in [0.2, 0.25) is 5.02 Å². The quantitative estimate of drug-likeness (QED) is 0.840. The second-order valence-corrected chi connectivity index (χ2v) is 2.85. The van der Waals surface area contributed by atoms with Gasteiger partial charge in [0, 0.05) is 6.20 Å². The van der Waals surface area contributed by atoms with Crippen molar-refractivity contribution in [2.24, 2.45) is 0 Å². The summed E-state index contributed by atoms with van der Waals surface area (Å²) in [6.07, 6.45) is -3.64. The van der Waals surface area contributed by atoms with Gasteiger partial charge >= 0.3 is 12.1 Å². The Morgan fingerprint density at radius 1 is 1.64 bits per heavy atom. The average Bonchev–Trinajstić information content (AvgIpc) is 2.26. The van der Waals surface area contributed by atoms with Gasteiger partial charge in [-0.15, -0.1) is 0 Å². The summed E-state index contributed by atoms with van der Waals surface area (Å²) in [6, 6.07) is 0. The van der Waals surface area contributed by atoms with Crippen molar-refractivity contribution in [1.82, 2.24) is 9.78 Å². The summed E-state index contributed by atoms with van der Waals surface area (Å²) in [6.45, 7) is -1.36. The first kappa shape index (κ1) is 10.8. The zero-order valence-electron chi connectivity index (χ0n) is 6.55. The molecule has 0 aliphatic carbocycles. The number of carbonyl (C=O) groups is 1. The highest BCUT2D eigenvalue weighted by molar-refractivity contribution is 6.33. The number of alkyl halides is 3. The van der Waals surface area contributed by atoms with Gasteiger partial charge in [-0.05, 0) is 0 Å². The highest BCUT2D eigenvalue weighted by atomic mass is 35.5. The third-order valence-corrected chi connectivity index (χ3v) is 1.54. The molecule has 0 fully saturated rings. The monoisotopic (exact) mass is 228 g/mol. The van der Waals surface area contributed by atoms with Crippen LogP contribution < -0.4 is 0 Å². The molecular weight excluding hydrogens is 225 g/mol. The normalized spacial score (nSPS) is 11.7. The van der Waals surface area contributed by atoms with Gasteiger partial charge in [0.05, 0.1) is 5.02 Å². The molecule has 1 aromatic rings. The van der Waals surface area contributed by atoms with E-state index in [1.54, 1.807) is 0 Å². The number of rotatable bonds is 2. The number of hydrogen-bond acceptors (Lipinski definition) is 2. The Labute approximate surface area is 80.9 Å². The van der Waals surface area contributed by atoms with Crippen LogP contribution in [0.1, 0.15) is 10.5 Å². The Kier molecular flexibility index (Phi) is 2.70. The summed E-state index contributed by atoms with van der Waals surface area (Å²) < 4.78 is 35.9. The van der Waals surface area contributed by atoms with E-state index >= 15 is 0 Å². The Hall–Kier alpha value is -1.24. The van der Waals surface area contributed by atoms with Crippen LogP contribution in [0.5, 0.6) is 0 Å². The molecule has 1 N–H and O–H groups in total. The van der Waals surface area contributed by atoms with E-state index in [2.05, 4.69) is 5.10 Å². The number of halogens is 4. The number of nitrogens with zero attached hydrogens (tertiary/aromatic N) is 2. The SMILES string of the molecule is O=C(O)c1nn(CC(F)(F)F)cc1Cl. The standard InChI is InChI=1S/C6H4ClF3N2O2/c7-3-1-12(2-6(8,9)10)11-4(3)5(13)14/h1H,2H2,(H,13,14). The number of hydrogen-bond donors (Lipinski definition) is 1. The molecule has 0 radical (unpaired) electrons.